The van der Waals surface area contributed by atoms with E-state index >= 15 is 0 Å². The number of carbonyl (C=O) groups excluding carboxylic acids is 1. The minimum atomic E-state index is -0.128. The fourth-order valence-corrected chi connectivity index (χ4v) is 2.95. The van der Waals surface area contributed by atoms with Crippen LogP contribution < -0.4 is 5.32 Å². The lowest BCUT2D eigenvalue weighted by Crippen LogP contribution is -2.11. The SMILES string of the molecule is Cc1ccc(Cc2cnc(NC(=O)c3ccccc3)s2)cc1. The van der Waals surface area contributed by atoms with E-state index in [0.29, 0.717) is 10.7 Å². The molecule has 0 saturated heterocycles. The molecule has 0 saturated carbocycles. The minimum Gasteiger partial charge on any atom is -0.298 e. The molecule has 1 amide bonds. The molecule has 0 bridgehead atoms. The van der Waals surface area contributed by atoms with Crippen molar-refractivity contribution in [2.45, 2.75) is 13.3 Å². The molecule has 0 aliphatic carbocycles. The molecule has 3 rings (SSSR count). The standard InChI is InChI=1S/C18H16N2OS/c1-13-7-9-14(10-8-13)11-16-12-19-18(22-16)20-17(21)15-5-3-2-4-6-15/h2-10,12H,11H2,1H3,(H,19,20,21). The molecule has 0 spiro atoms. The summed E-state index contributed by atoms with van der Waals surface area (Å²) in [5, 5.41) is 3.48. The molecule has 0 fully saturated rings. The van der Waals surface area contributed by atoms with Crippen LogP contribution in [-0.2, 0) is 6.42 Å². The number of hydrogen-bond acceptors (Lipinski definition) is 3. The molecule has 3 aromatic rings. The number of aryl methyl sites for hydroxylation is 1. The van der Waals surface area contributed by atoms with Gasteiger partial charge in [0, 0.05) is 23.1 Å². The molecule has 3 nitrogen and oxygen atoms in total. The van der Waals surface area contributed by atoms with Crippen LogP contribution in [0.25, 0.3) is 0 Å². The van der Waals surface area contributed by atoms with Crippen LogP contribution in [-0.4, -0.2) is 10.9 Å². The molecule has 0 radical (unpaired) electrons. The summed E-state index contributed by atoms with van der Waals surface area (Å²) in [5.41, 5.74) is 3.14. The van der Waals surface area contributed by atoms with Crippen molar-refractivity contribution < 1.29 is 4.79 Å². The normalized spacial score (nSPS) is 10.4. The summed E-state index contributed by atoms with van der Waals surface area (Å²) in [6.07, 6.45) is 2.66. The zero-order valence-corrected chi connectivity index (χ0v) is 13.1. The number of thiazole rings is 1. The van der Waals surface area contributed by atoms with Gasteiger partial charge in [-0.25, -0.2) is 4.98 Å². The molecular formula is C18H16N2OS. The average Bonchev–Trinajstić information content (AvgIpc) is 2.97. The van der Waals surface area contributed by atoms with Gasteiger partial charge >= 0.3 is 0 Å². The highest BCUT2D eigenvalue weighted by Crippen LogP contribution is 2.22. The number of benzene rings is 2. The second-order valence-electron chi connectivity index (χ2n) is 5.11. The van der Waals surface area contributed by atoms with Gasteiger partial charge in [-0.3, -0.25) is 10.1 Å². The van der Waals surface area contributed by atoms with Crippen molar-refractivity contribution in [1.82, 2.24) is 4.98 Å². The summed E-state index contributed by atoms with van der Waals surface area (Å²) in [6, 6.07) is 17.6. The molecule has 0 unspecified atom stereocenters. The number of nitrogens with zero attached hydrogens (tertiary/aromatic N) is 1. The topological polar surface area (TPSA) is 42.0 Å². The highest BCUT2D eigenvalue weighted by molar-refractivity contribution is 7.15. The van der Waals surface area contributed by atoms with Crippen LogP contribution in [0.3, 0.4) is 0 Å². The van der Waals surface area contributed by atoms with Crippen LogP contribution in [0.4, 0.5) is 5.13 Å². The van der Waals surface area contributed by atoms with Gasteiger partial charge < -0.3 is 0 Å². The smallest absolute Gasteiger partial charge is 0.257 e. The number of anilines is 1. The van der Waals surface area contributed by atoms with Crippen molar-refractivity contribution in [3.63, 3.8) is 0 Å². The van der Waals surface area contributed by atoms with Gasteiger partial charge in [0.25, 0.3) is 5.91 Å². The second kappa shape index (κ2) is 6.54. The first-order valence-electron chi connectivity index (χ1n) is 7.07. The van der Waals surface area contributed by atoms with Gasteiger partial charge in [-0.2, -0.15) is 0 Å². The quantitative estimate of drug-likeness (QED) is 0.781. The van der Waals surface area contributed by atoms with Gasteiger partial charge in [0.15, 0.2) is 5.13 Å². The maximum atomic E-state index is 12.1. The zero-order chi connectivity index (χ0) is 15.4. The summed E-state index contributed by atoms with van der Waals surface area (Å²) < 4.78 is 0. The van der Waals surface area contributed by atoms with Crippen molar-refractivity contribution in [3.8, 4) is 0 Å². The van der Waals surface area contributed by atoms with Crippen LogP contribution in [0.5, 0.6) is 0 Å². The second-order valence-corrected chi connectivity index (χ2v) is 6.23. The Balaban J connectivity index is 1.66. The van der Waals surface area contributed by atoms with Crippen LogP contribution in [0.2, 0.25) is 0 Å². The van der Waals surface area contributed by atoms with Crippen LogP contribution in [0.1, 0.15) is 26.4 Å². The van der Waals surface area contributed by atoms with E-state index in [2.05, 4.69) is 41.5 Å². The molecule has 1 aromatic heterocycles. The van der Waals surface area contributed by atoms with Gasteiger partial charge in [0.2, 0.25) is 0 Å². The maximum Gasteiger partial charge on any atom is 0.257 e. The van der Waals surface area contributed by atoms with Gasteiger partial charge in [0.05, 0.1) is 0 Å². The lowest BCUT2D eigenvalue weighted by atomic mass is 10.1. The molecule has 0 aliphatic heterocycles. The van der Waals surface area contributed by atoms with Gasteiger partial charge in [-0.15, -0.1) is 11.3 Å². The molecule has 4 heteroatoms. The largest absolute Gasteiger partial charge is 0.298 e. The lowest BCUT2D eigenvalue weighted by Gasteiger charge is -2.01. The monoisotopic (exact) mass is 308 g/mol. The molecule has 0 atom stereocenters. The predicted molar refractivity (Wildman–Crippen MR) is 90.5 cm³/mol. The Bertz CT molecular complexity index is 763. The van der Waals surface area contributed by atoms with Gasteiger partial charge in [0.1, 0.15) is 0 Å². The third kappa shape index (κ3) is 3.59. The lowest BCUT2D eigenvalue weighted by molar-refractivity contribution is 0.102. The fourth-order valence-electron chi connectivity index (χ4n) is 2.11. The van der Waals surface area contributed by atoms with Gasteiger partial charge in [-0.1, -0.05) is 48.0 Å². The number of hydrogen-bond donors (Lipinski definition) is 1. The summed E-state index contributed by atoms with van der Waals surface area (Å²) in [6.45, 7) is 2.08. The molecule has 2 aromatic carbocycles. The van der Waals surface area contributed by atoms with Crippen molar-refractivity contribution >= 4 is 22.4 Å². The third-order valence-corrected chi connectivity index (χ3v) is 4.22. The number of rotatable bonds is 4. The van der Waals surface area contributed by atoms with Crippen LogP contribution >= 0.6 is 11.3 Å². The zero-order valence-electron chi connectivity index (χ0n) is 12.2. The summed E-state index contributed by atoms with van der Waals surface area (Å²) in [5.74, 6) is -0.128. The van der Waals surface area contributed by atoms with Crippen LogP contribution in [0, 0.1) is 6.92 Å². The molecule has 0 aliphatic rings. The highest BCUT2D eigenvalue weighted by atomic mass is 32.1. The molecular weight excluding hydrogens is 292 g/mol. The van der Waals surface area contributed by atoms with Crippen LogP contribution in [0.15, 0.2) is 60.8 Å². The molecule has 1 N–H and O–H groups in total. The number of amides is 1. The van der Waals surface area contributed by atoms with E-state index < -0.39 is 0 Å². The van der Waals surface area contributed by atoms with Crippen molar-refractivity contribution in [3.05, 3.63) is 82.4 Å². The Labute approximate surface area is 133 Å². The number of nitrogens with one attached hydrogen (secondary N) is 1. The van der Waals surface area contributed by atoms with Crippen molar-refractivity contribution in [1.29, 1.82) is 0 Å². The van der Waals surface area contributed by atoms with E-state index in [1.54, 1.807) is 12.1 Å². The van der Waals surface area contributed by atoms with E-state index in [0.717, 1.165) is 11.3 Å². The highest BCUT2D eigenvalue weighted by Gasteiger charge is 2.08. The summed E-state index contributed by atoms with van der Waals surface area (Å²) in [7, 11) is 0. The van der Waals surface area contributed by atoms with Crippen molar-refractivity contribution in [2.75, 3.05) is 5.32 Å². The first kappa shape index (κ1) is 14.5. The van der Waals surface area contributed by atoms with Gasteiger partial charge in [-0.05, 0) is 24.6 Å². The third-order valence-electron chi connectivity index (χ3n) is 3.31. The fraction of sp³-hybridized carbons (Fsp3) is 0.111. The Morgan fingerprint density at radius 3 is 2.55 bits per heavy atom. The van der Waals surface area contributed by atoms with E-state index in [1.807, 2.05) is 24.4 Å². The van der Waals surface area contributed by atoms with E-state index in [1.165, 1.54) is 22.5 Å². The first-order valence-corrected chi connectivity index (χ1v) is 7.89. The van der Waals surface area contributed by atoms with E-state index in [4.69, 9.17) is 0 Å². The Kier molecular flexibility index (Phi) is 4.30. The Morgan fingerprint density at radius 2 is 1.82 bits per heavy atom. The summed E-state index contributed by atoms with van der Waals surface area (Å²) >= 11 is 1.51. The average molecular weight is 308 g/mol. The Morgan fingerprint density at radius 1 is 1.09 bits per heavy atom. The Hall–Kier alpha value is -2.46. The number of aromatic nitrogens is 1. The molecule has 22 heavy (non-hydrogen) atoms. The maximum absolute atomic E-state index is 12.1. The molecule has 110 valence electrons. The molecule has 1 heterocycles. The van der Waals surface area contributed by atoms with Crippen molar-refractivity contribution in [2.24, 2.45) is 0 Å². The first-order chi connectivity index (χ1) is 10.7. The minimum absolute atomic E-state index is 0.128. The summed E-state index contributed by atoms with van der Waals surface area (Å²) in [4.78, 5) is 17.5. The van der Waals surface area contributed by atoms with E-state index in [-0.39, 0.29) is 5.91 Å². The predicted octanol–water partition coefficient (Wildman–Crippen LogP) is 4.29. The number of carbonyl (C=O) groups is 1. The van der Waals surface area contributed by atoms with E-state index in [9.17, 15) is 4.79 Å².